The summed E-state index contributed by atoms with van der Waals surface area (Å²) in [7, 11) is 0. The van der Waals surface area contributed by atoms with Crippen molar-refractivity contribution >= 4 is 93.0 Å². The number of aromatic nitrogens is 2. The second-order valence-corrected chi connectivity index (χ2v) is 25.0. The third kappa shape index (κ3) is 8.13. The average Bonchev–Trinajstić information content (AvgIpc) is 1.55. The third-order valence-corrected chi connectivity index (χ3v) is 20.0. The highest BCUT2D eigenvalue weighted by atomic mass is 19.1. The molecule has 18 rings (SSSR count). The Balaban J connectivity index is 0.932. The lowest BCUT2D eigenvalue weighted by Gasteiger charge is -2.36. The van der Waals surface area contributed by atoms with Crippen molar-refractivity contribution in [1.82, 2.24) is 9.13 Å². The summed E-state index contributed by atoms with van der Waals surface area (Å²) in [6, 6.07) is 113. The van der Waals surface area contributed by atoms with Gasteiger partial charge in [0.1, 0.15) is 11.6 Å². The molecule has 440 valence electrons. The zero-order valence-corrected chi connectivity index (χ0v) is 51.2. The van der Waals surface area contributed by atoms with Crippen molar-refractivity contribution in [2.24, 2.45) is 0 Å². The number of para-hydroxylation sites is 2. The summed E-state index contributed by atoms with van der Waals surface area (Å²) in [5, 5.41) is 11.1. The van der Waals surface area contributed by atoms with Crippen LogP contribution in [0.5, 0.6) is 0 Å². The van der Waals surface area contributed by atoms with E-state index in [2.05, 4.69) is 305 Å². The molecule has 1 aliphatic carbocycles. The Morgan fingerprint density at radius 2 is 0.817 bits per heavy atom. The van der Waals surface area contributed by atoms with Crippen molar-refractivity contribution in [3.63, 3.8) is 0 Å². The lowest BCUT2D eigenvalue weighted by Crippen LogP contribution is -2.29. The van der Waals surface area contributed by atoms with Crippen LogP contribution in [0.1, 0.15) is 56.0 Å². The van der Waals surface area contributed by atoms with Gasteiger partial charge in [-0.05, 0) is 158 Å². The van der Waals surface area contributed by atoms with Gasteiger partial charge in [0.25, 0.3) is 0 Å². The molecule has 93 heavy (non-hydrogen) atoms. The SMILES string of the molecule is Cc1ccc(C(c2ccc3c(c2)C(c2ccccc2)(c2ccccc2)c2cc(N(c4ccc(C)c(F)c4)c4cccc5c4c4ccccc4n5-c4cccc5ccccc45)c4ccccc4c2-3)c2cccc3c2c2ccccc2n3-c2cccc3ccccc23)cc1F. The van der Waals surface area contributed by atoms with E-state index < -0.39 is 11.3 Å². The van der Waals surface area contributed by atoms with Gasteiger partial charge in [-0.1, -0.05) is 249 Å². The molecule has 1 unspecified atom stereocenters. The Bertz CT molecular complexity index is 5850. The normalized spacial score (nSPS) is 13.0. The molecule has 0 saturated heterocycles. The van der Waals surface area contributed by atoms with Crippen LogP contribution < -0.4 is 4.90 Å². The molecule has 0 fully saturated rings. The van der Waals surface area contributed by atoms with Gasteiger partial charge in [-0.25, -0.2) is 8.78 Å². The number of anilines is 3. The summed E-state index contributed by atoms with van der Waals surface area (Å²) in [5.74, 6) is -0.956. The number of hydrogen-bond acceptors (Lipinski definition) is 1. The molecule has 0 N–H and O–H groups in total. The second kappa shape index (κ2) is 21.2. The highest BCUT2D eigenvalue weighted by molar-refractivity contribution is 6.20. The van der Waals surface area contributed by atoms with Crippen LogP contribution in [-0.2, 0) is 5.41 Å². The first kappa shape index (κ1) is 54.3. The number of hydrogen-bond donors (Lipinski definition) is 0. The predicted octanol–water partition coefficient (Wildman–Crippen LogP) is 23.2. The number of nitrogens with zero attached hydrogens (tertiary/aromatic N) is 3. The predicted molar refractivity (Wildman–Crippen MR) is 383 cm³/mol. The molecule has 0 saturated carbocycles. The van der Waals surface area contributed by atoms with Crippen LogP contribution in [-0.4, -0.2) is 9.13 Å². The number of halogens is 2. The molecule has 2 aromatic heterocycles. The van der Waals surface area contributed by atoms with Crippen LogP contribution in [0.15, 0.2) is 315 Å². The molecule has 0 aliphatic heterocycles. The van der Waals surface area contributed by atoms with Gasteiger partial charge in [0.15, 0.2) is 0 Å². The molecule has 2 heterocycles. The zero-order chi connectivity index (χ0) is 62.1. The van der Waals surface area contributed by atoms with E-state index in [1.54, 1.807) is 12.1 Å². The zero-order valence-electron chi connectivity index (χ0n) is 51.2. The maximum Gasteiger partial charge on any atom is 0.128 e. The van der Waals surface area contributed by atoms with Crippen LogP contribution >= 0.6 is 0 Å². The molecular formula is C88H59F2N3. The van der Waals surface area contributed by atoms with Gasteiger partial charge in [0.2, 0.25) is 0 Å². The van der Waals surface area contributed by atoms with Crippen molar-refractivity contribution < 1.29 is 8.78 Å². The largest absolute Gasteiger partial charge is 0.309 e. The van der Waals surface area contributed by atoms with Crippen molar-refractivity contribution in [3.05, 3.63) is 377 Å². The van der Waals surface area contributed by atoms with E-state index in [0.29, 0.717) is 16.8 Å². The fourth-order valence-electron chi connectivity index (χ4n) is 16.0. The summed E-state index contributed by atoms with van der Waals surface area (Å²) in [4.78, 5) is 2.32. The van der Waals surface area contributed by atoms with Crippen molar-refractivity contribution in [2.45, 2.75) is 25.2 Å². The van der Waals surface area contributed by atoms with Crippen LogP contribution in [0, 0.1) is 25.5 Å². The van der Waals surface area contributed by atoms with Gasteiger partial charge in [-0.2, -0.15) is 0 Å². The van der Waals surface area contributed by atoms with Gasteiger partial charge < -0.3 is 14.0 Å². The molecule has 1 aliphatic rings. The van der Waals surface area contributed by atoms with Gasteiger partial charge in [0, 0.05) is 49.3 Å². The van der Waals surface area contributed by atoms with Crippen molar-refractivity contribution in [1.29, 1.82) is 0 Å². The van der Waals surface area contributed by atoms with E-state index in [1.165, 1.54) is 5.39 Å². The first-order valence-corrected chi connectivity index (χ1v) is 32.0. The summed E-state index contributed by atoms with van der Waals surface area (Å²) in [6.07, 6.45) is 0. The minimum atomic E-state index is -0.929. The third-order valence-electron chi connectivity index (χ3n) is 20.0. The molecule has 0 radical (unpaired) electrons. The molecule has 3 nitrogen and oxygen atoms in total. The second-order valence-electron chi connectivity index (χ2n) is 25.0. The van der Waals surface area contributed by atoms with E-state index in [0.717, 1.165) is 143 Å². The smallest absolute Gasteiger partial charge is 0.128 e. The quantitative estimate of drug-likeness (QED) is 0.124. The molecular weight excluding hydrogens is 1140 g/mol. The minimum Gasteiger partial charge on any atom is -0.309 e. The lowest BCUT2D eigenvalue weighted by atomic mass is 9.67. The molecule has 1 atom stereocenters. The number of rotatable bonds is 10. The Morgan fingerprint density at radius 3 is 1.44 bits per heavy atom. The Morgan fingerprint density at radius 1 is 0.344 bits per heavy atom. The number of benzene rings is 15. The van der Waals surface area contributed by atoms with Crippen molar-refractivity contribution in [3.8, 4) is 22.5 Å². The Labute approximate surface area is 537 Å². The van der Waals surface area contributed by atoms with Crippen LogP contribution in [0.3, 0.4) is 0 Å². The first-order chi connectivity index (χ1) is 45.8. The summed E-state index contributed by atoms with van der Waals surface area (Å²) < 4.78 is 38.3. The van der Waals surface area contributed by atoms with Crippen molar-refractivity contribution in [2.75, 3.05) is 4.90 Å². The van der Waals surface area contributed by atoms with Gasteiger partial charge in [0.05, 0.1) is 50.2 Å². The molecule has 0 bridgehead atoms. The van der Waals surface area contributed by atoms with E-state index in [9.17, 15) is 0 Å². The number of aryl methyl sites for hydroxylation is 2. The minimum absolute atomic E-state index is 0.245. The van der Waals surface area contributed by atoms with E-state index in [4.69, 9.17) is 0 Å². The topological polar surface area (TPSA) is 13.1 Å². The molecule has 0 amide bonds. The summed E-state index contributed by atoms with van der Waals surface area (Å²) in [6.45, 7) is 3.67. The first-order valence-electron chi connectivity index (χ1n) is 32.0. The van der Waals surface area contributed by atoms with E-state index in [1.807, 2.05) is 26.0 Å². The Kier molecular flexibility index (Phi) is 12.4. The maximum atomic E-state index is 16.8. The summed E-state index contributed by atoms with van der Waals surface area (Å²) >= 11 is 0. The molecule has 0 spiro atoms. The molecule has 5 heteroatoms. The fraction of sp³-hybridized carbons (Fsp3) is 0.0455. The fourth-order valence-corrected chi connectivity index (χ4v) is 16.0. The van der Waals surface area contributed by atoms with E-state index in [-0.39, 0.29) is 11.6 Å². The average molecular weight is 1200 g/mol. The highest BCUT2D eigenvalue weighted by Gasteiger charge is 2.48. The van der Waals surface area contributed by atoms with Gasteiger partial charge in [-0.15, -0.1) is 0 Å². The van der Waals surface area contributed by atoms with Crippen LogP contribution in [0.2, 0.25) is 0 Å². The monoisotopic (exact) mass is 1200 g/mol. The lowest BCUT2D eigenvalue weighted by molar-refractivity contribution is 0.615. The summed E-state index contributed by atoms with van der Waals surface area (Å²) in [5.41, 5.74) is 18.8. The van der Waals surface area contributed by atoms with Gasteiger partial charge >= 0.3 is 0 Å². The maximum absolute atomic E-state index is 16.8. The van der Waals surface area contributed by atoms with Crippen LogP contribution in [0.4, 0.5) is 25.8 Å². The Hall–Kier alpha value is -11.7. The highest BCUT2D eigenvalue weighted by Crippen LogP contribution is 2.61. The molecule has 17 aromatic rings. The van der Waals surface area contributed by atoms with E-state index >= 15 is 8.78 Å². The molecule has 15 aromatic carbocycles. The van der Waals surface area contributed by atoms with Gasteiger partial charge in [-0.3, -0.25) is 0 Å². The van der Waals surface area contributed by atoms with Crippen LogP contribution in [0.25, 0.3) is 98.4 Å². The standard InChI is InChI=1S/C88H59F2N3/c1-55-45-47-60(52-74(55)89)84(71-37-21-42-80-86(71)69-35-15-17-38-78(69)92(80)76-40-19-25-57-23-9-11-31-64(57)76)59-48-50-68-72(51-59)88(61-27-5-3-6-28-61,62-29-7-4-8-30-62)73-54-83(66-33-13-14-34-67(66)85(68)73)91(63-49-46-56(2)75(90)53-63)81-43-22-44-82-87(81)70-36-16-18-39-79(70)93(82)77-41-20-26-58-24-10-12-32-65(58)77/h3-54,84H,1-2H3. The number of fused-ring (bicyclic) bond motifs is 13.